The Labute approximate surface area is 186 Å². The molecule has 33 heavy (non-hydrogen) atoms. The first kappa shape index (κ1) is 22.7. The molecule has 1 aliphatic rings. The van der Waals surface area contributed by atoms with Crippen molar-refractivity contribution in [2.45, 2.75) is 18.8 Å². The van der Waals surface area contributed by atoms with Gasteiger partial charge in [-0.05, 0) is 41.8 Å². The van der Waals surface area contributed by atoms with E-state index in [0.717, 1.165) is 29.4 Å². The Balaban J connectivity index is 1.62. The monoisotopic (exact) mass is 460 g/mol. The van der Waals surface area contributed by atoms with Crippen LogP contribution < -0.4 is 10.2 Å². The van der Waals surface area contributed by atoms with Crippen LogP contribution in [0.25, 0.3) is 0 Å². The molecule has 3 aromatic rings. The topological polar surface area (TPSA) is 78.4 Å². The number of nitrogens with zero attached hydrogens (tertiary/aromatic N) is 3. The van der Waals surface area contributed by atoms with Crippen LogP contribution in [0.15, 0.2) is 54.9 Å². The van der Waals surface area contributed by atoms with E-state index < -0.39 is 17.9 Å². The Morgan fingerprint density at radius 3 is 2.70 bits per heavy atom. The molecule has 0 aliphatic carbocycles. The van der Waals surface area contributed by atoms with Gasteiger partial charge in [0.2, 0.25) is 0 Å². The first-order valence-electron chi connectivity index (χ1n) is 10.2. The van der Waals surface area contributed by atoms with Crippen molar-refractivity contribution in [1.82, 2.24) is 15.3 Å². The maximum atomic E-state index is 15.1. The van der Waals surface area contributed by atoms with Crippen LogP contribution in [0.1, 0.15) is 38.9 Å². The molecular weight excluding hydrogens is 440 g/mol. The molecule has 10 heteroatoms. The minimum Gasteiger partial charge on any atom is -0.395 e. The van der Waals surface area contributed by atoms with Crippen LogP contribution in [0.4, 0.5) is 29.1 Å². The van der Waals surface area contributed by atoms with Crippen molar-refractivity contribution in [3.8, 4) is 0 Å². The summed E-state index contributed by atoms with van der Waals surface area (Å²) in [7, 11) is 0. The number of carbonyl (C=O) groups is 1. The van der Waals surface area contributed by atoms with Gasteiger partial charge in [0.05, 0.1) is 17.9 Å². The lowest BCUT2D eigenvalue weighted by atomic mass is 10.0. The van der Waals surface area contributed by atoms with Crippen molar-refractivity contribution in [3.05, 3.63) is 82.8 Å². The summed E-state index contributed by atoms with van der Waals surface area (Å²) in [6, 6.07) is 10.7. The molecule has 2 aromatic carbocycles. The summed E-state index contributed by atoms with van der Waals surface area (Å²) in [6.45, 7) is 0.443. The molecule has 0 bridgehead atoms. The number of hydrogen-bond acceptors (Lipinski definition) is 5. The van der Waals surface area contributed by atoms with E-state index >= 15 is 4.39 Å². The number of fused-ring (bicyclic) bond motifs is 1. The Morgan fingerprint density at radius 1 is 1.15 bits per heavy atom. The van der Waals surface area contributed by atoms with Gasteiger partial charge in [0.25, 0.3) is 5.91 Å². The second kappa shape index (κ2) is 9.14. The van der Waals surface area contributed by atoms with Crippen molar-refractivity contribution in [2.24, 2.45) is 0 Å². The van der Waals surface area contributed by atoms with Crippen LogP contribution >= 0.6 is 0 Å². The average molecular weight is 460 g/mol. The smallest absolute Gasteiger partial charge is 0.395 e. The molecule has 2 N–H and O–H groups in total. The summed E-state index contributed by atoms with van der Waals surface area (Å²) in [6.07, 6.45) is -4.73. The number of anilines is 2. The van der Waals surface area contributed by atoms with Crippen molar-refractivity contribution in [3.63, 3.8) is 0 Å². The Morgan fingerprint density at radius 2 is 1.94 bits per heavy atom. The van der Waals surface area contributed by atoms with E-state index in [0.29, 0.717) is 24.3 Å². The normalized spacial score (nSPS) is 14.2. The highest BCUT2D eigenvalue weighted by molar-refractivity contribution is 5.98. The fourth-order valence-electron chi connectivity index (χ4n) is 3.84. The molecule has 0 spiro atoms. The summed E-state index contributed by atoms with van der Waals surface area (Å²) in [5.74, 6) is 0.0702. The summed E-state index contributed by atoms with van der Waals surface area (Å²) in [5.41, 5.74) is 0.847. The number of benzene rings is 2. The fourth-order valence-corrected chi connectivity index (χ4v) is 3.84. The third-order valence-corrected chi connectivity index (χ3v) is 5.39. The predicted molar refractivity (Wildman–Crippen MR) is 113 cm³/mol. The van der Waals surface area contributed by atoms with Crippen LogP contribution in [0.2, 0.25) is 0 Å². The molecule has 0 fully saturated rings. The van der Waals surface area contributed by atoms with E-state index in [1.807, 2.05) is 11.0 Å². The number of hydrogen-bond donors (Lipinski definition) is 2. The summed E-state index contributed by atoms with van der Waals surface area (Å²) in [5, 5.41) is 11.6. The molecular formula is C23H20F4N4O2. The number of aromatic nitrogens is 2. The molecule has 0 saturated carbocycles. The minimum absolute atomic E-state index is 0.0652. The van der Waals surface area contributed by atoms with Crippen molar-refractivity contribution in [2.75, 3.05) is 24.6 Å². The Kier molecular flexibility index (Phi) is 6.28. The Bertz CT molecular complexity index is 1170. The summed E-state index contributed by atoms with van der Waals surface area (Å²) < 4.78 is 54.2. The van der Waals surface area contributed by atoms with Gasteiger partial charge < -0.3 is 15.3 Å². The number of alkyl halides is 4. The SMILES string of the molecule is O=C(NCCO)c1cccc2c1CCN2c1cc(C(F)c2cccc(C(F)(F)F)c2)ncn1. The third-order valence-electron chi connectivity index (χ3n) is 5.39. The van der Waals surface area contributed by atoms with Gasteiger partial charge >= 0.3 is 6.18 Å². The van der Waals surface area contributed by atoms with E-state index in [1.165, 1.54) is 18.5 Å². The number of aliphatic hydroxyl groups is 1. The van der Waals surface area contributed by atoms with Crippen LogP contribution in [-0.2, 0) is 12.6 Å². The number of amides is 1. The average Bonchev–Trinajstić information content (AvgIpc) is 3.26. The molecule has 1 aliphatic heterocycles. The number of carbonyl (C=O) groups excluding carboxylic acids is 1. The maximum absolute atomic E-state index is 15.1. The van der Waals surface area contributed by atoms with Gasteiger partial charge in [-0.3, -0.25) is 4.79 Å². The van der Waals surface area contributed by atoms with Gasteiger partial charge in [0.1, 0.15) is 12.1 Å². The second-order valence-electron chi connectivity index (χ2n) is 7.47. The number of rotatable bonds is 6. The lowest BCUT2D eigenvalue weighted by molar-refractivity contribution is -0.137. The molecule has 2 heterocycles. The largest absolute Gasteiger partial charge is 0.416 e. The summed E-state index contributed by atoms with van der Waals surface area (Å²) >= 11 is 0. The highest BCUT2D eigenvalue weighted by Crippen LogP contribution is 2.37. The standard InChI is InChI=1S/C23H20F4N4O2/c24-21(14-3-1-4-15(11-14)23(25,26)27)18-12-20(30-13-29-18)31-9-7-16-17(5-2-6-19(16)31)22(33)28-8-10-32/h1-6,11-13,21,32H,7-10H2,(H,28,33). The first-order valence-corrected chi connectivity index (χ1v) is 10.2. The zero-order valence-corrected chi connectivity index (χ0v) is 17.3. The number of nitrogens with one attached hydrogen (secondary N) is 1. The molecule has 1 atom stereocenters. The molecule has 1 unspecified atom stereocenters. The number of aliphatic hydroxyl groups excluding tert-OH is 1. The lowest BCUT2D eigenvalue weighted by Gasteiger charge is -2.20. The zero-order valence-electron chi connectivity index (χ0n) is 17.3. The number of halogens is 4. The first-order chi connectivity index (χ1) is 15.8. The molecule has 0 radical (unpaired) electrons. The van der Waals surface area contributed by atoms with Gasteiger partial charge in [0, 0.05) is 30.4 Å². The Hall–Kier alpha value is -3.53. The van der Waals surface area contributed by atoms with Crippen LogP contribution in [-0.4, -0.2) is 40.7 Å². The highest BCUT2D eigenvalue weighted by atomic mass is 19.4. The van der Waals surface area contributed by atoms with E-state index in [1.54, 1.807) is 12.1 Å². The second-order valence-corrected chi connectivity index (χ2v) is 7.47. The lowest BCUT2D eigenvalue weighted by Crippen LogP contribution is -2.27. The van der Waals surface area contributed by atoms with Crippen molar-refractivity contribution in [1.29, 1.82) is 0 Å². The van der Waals surface area contributed by atoms with Gasteiger partial charge in [0.15, 0.2) is 6.17 Å². The molecule has 4 rings (SSSR count). The highest BCUT2D eigenvalue weighted by Gasteiger charge is 2.32. The minimum atomic E-state index is -4.58. The van der Waals surface area contributed by atoms with Gasteiger partial charge in [-0.15, -0.1) is 0 Å². The van der Waals surface area contributed by atoms with Crippen LogP contribution in [0, 0.1) is 0 Å². The summed E-state index contributed by atoms with van der Waals surface area (Å²) in [4.78, 5) is 22.4. The quantitative estimate of drug-likeness (QED) is 0.545. The van der Waals surface area contributed by atoms with Crippen molar-refractivity contribution < 1.29 is 27.5 Å². The van der Waals surface area contributed by atoms with Gasteiger partial charge in [-0.2, -0.15) is 13.2 Å². The van der Waals surface area contributed by atoms with Gasteiger partial charge in [-0.1, -0.05) is 18.2 Å². The fraction of sp³-hybridized carbons (Fsp3) is 0.261. The predicted octanol–water partition coefficient (Wildman–Crippen LogP) is 3.97. The molecule has 1 amide bonds. The molecule has 0 saturated heterocycles. The van der Waals surface area contributed by atoms with Crippen LogP contribution in [0.3, 0.4) is 0 Å². The molecule has 172 valence electrons. The van der Waals surface area contributed by atoms with E-state index in [9.17, 15) is 18.0 Å². The van der Waals surface area contributed by atoms with Crippen molar-refractivity contribution >= 4 is 17.4 Å². The van der Waals surface area contributed by atoms with Gasteiger partial charge in [-0.25, -0.2) is 14.4 Å². The molecule has 1 aromatic heterocycles. The zero-order chi connectivity index (χ0) is 23.6. The van der Waals surface area contributed by atoms with E-state index in [4.69, 9.17) is 5.11 Å². The van der Waals surface area contributed by atoms with Crippen LogP contribution in [0.5, 0.6) is 0 Å². The third kappa shape index (κ3) is 4.65. The van der Waals surface area contributed by atoms with E-state index in [-0.39, 0.29) is 30.3 Å². The molecule has 6 nitrogen and oxygen atoms in total. The maximum Gasteiger partial charge on any atom is 0.416 e. The van der Waals surface area contributed by atoms with E-state index in [2.05, 4.69) is 15.3 Å².